The number of hydrogen-bond donors (Lipinski definition) is 1. The third kappa shape index (κ3) is 4.45. The lowest BCUT2D eigenvalue weighted by Crippen LogP contribution is -2.09. The Hall–Kier alpha value is -2.62. The summed E-state index contributed by atoms with van der Waals surface area (Å²) in [4.78, 5) is 11.8. The lowest BCUT2D eigenvalue weighted by molar-refractivity contribution is -0.111. The number of benzene rings is 2. The molecule has 0 bridgehead atoms. The largest absolute Gasteiger partial charge is 0.494 e. The lowest BCUT2D eigenvalue weighted by Gasteiger charge is -2.05. The zero-order chi connectivity index (χ0) is 15.9. The molecule has 0 fully saturated rings. The Bertz CT molecular complexity index is 678. The Balaban J connectivity index is 2.00. The first-order valence-electron chi connectivity index (χ1n) is 7.06. The van der Waals surface area contributed by atoms with Crippen LogP contribution >= 0.6 is 0 Å². The van der Waals surface area contributed by atoms with Gasteiger partial charge in [0.15, 0.2) is 0 Å². The van der Waals surface area contributed by atoms with Crippen LogP contribution in [0.4, 0.5) is 10.1 Å². The molecule has 22 heavy (non-hydrogen) atoms. The highest BCUT2D eigenvalue weighted by molar-refractivity contribution is 6.02. The van der Waals surface area contributed by atoms with Gasteiger partial charge in [0.25, 0.3) is 0 Å². The van der Waals surface area contributed by atoms with Crippen LogP contribution in [0.25, 0.3) is 6.08 Å². The molecule has 1 N–H and O–H groups in total. The van der Waals surface area contributed by atoms with Crippen LogP contribution in [-0.4, -0.2) is 12.5 Å². The summed E-state index contributed by atoms with van der Waals surface area (Å²) in [6.45, 7) is 4.37. The maximum atomic E-state index is 13.6. The fraction of sp³-hybridized carbons (Fsp3) is 0.167. The number of ether oxygens (including phenoxy) is 1. The summed E-state index contributed by atoms with van der Waals surface area (Å²) in [5.74, 6) is -0.0438. The molecule has 2 aromatic carbocycles. The van der Waals surface area contributed by atoms with Crippen LogP contribution in [0.5, 0.6) is 5.75 Å². The van der Waals surface area contributed by atoms with E-state index in [1.165, 1.54) is 12.1 Å². The van der Waals surface area contributed by atoms with Gasteiger partial charge in [0.2, 0.25) is 5.91 Å². The highest BCUT2D eigenvalue weighted by Gasteiger charge is 2.04. The minimum Gasteiger partial charge on any atom is -0.494 e. The van der Waals surface area contributed by atoms with Crippen molar-refractivity contribution in [2.75, 3.05) is 11.9 Å². The molecule has 0 spiro atoms. The van der Waals surface area contributed by atoms with Gasteiger partial charge in [-0.1, -0.05) is 18.2 Å². The van der Waals surface area contributed by atoms with E-state index in [1.54, 1.807) is 18.2 Å². The molecule has 3 nitrogen and oxygen atoms in total. The highest BCUT2D eigenvalue weighted by atomic mass is 19.1. The molecule has 114 valence electrons. The van der Waals surface area contributed by atoms with E-state index >= 15 is 0 Å². The molecule has 0 saturated carbocycles. The van der Waals surface area contributed by atoms with Crippen LogP contribution in [0.1, 0.15) is 18.1 Å². The van der Waals surface area contributed by atoms with Crippen LogP contribution in [0.2, 0.25) is 0 Å². The van der Waals surface area contributed by atoms with E-state index in [0.717, 1.165) is 16.9 Å². The second kappa shape index (κ2) is 7.41. The third-order valence-electron chi connectivity index (χ3n) is 3.00. The predicted molar refractivity (Wildman–Crippen MR) is 86.4 cm³/mol. The van der Waals surface area contributed by atoms with Crippen LogP contribution in [0, 0.1) is 12.7 Å². The summed E-state index contributed by atoms with van der Waals surface area (Å²) in [5.41, 5.74) is 1.93. The SMILES string of the molecule is CCOc1ccc(/C=C/C(=O)Nc2cc(C)ccc2F)cc1. The van der Waals surface area contributed by atoms with E-state index in [-0.39, 0.29) is 11.6 Å². The van der Waals surface area contributed by atoms with Crippen molar-refractivity contribution in [3.63, 3.8) is 0 Å². The fourth-order valence-electron chi connectivity index (χ4n) is 1.92. The molecule has 4 heteroatoms. The van der Waals surface area contributed by atoms with Gasteiger partial charge in [0.05, 0.1) is 12.3 Å². The summed E-state index contributed by atoms with van der Waals surface area (Å²) in [5, 5.41) is 2.53. The van der Waals surface area contributed by atoms with Crippen molar-refractivity contribution in [3.05, 3.63) is 65.5 Å². The molecule has 0 atom stereocenters. The number of amides is 1. The molecular formula is C18H18FNO2. The van der Waals surface area contributed by atoms with Crippen molar-refractivity contribution in [1.29, 1.82) is 0 Å². The predicted octanol–water partition coefficient (Wildman–Crippen LogP) is 4.18. The van der Waals surface area contributed by atoms with Crippen molar-refractivity contribution >= 4 is 17.7 Å². The van der Waals surface area contributed by atoms with Crippen molar-refractivity contribution in [2.45, 2.75) is 13.8 Å². The highest BCUT2D eigenvalue weighted by Crippen LogP contribution is 2.16. The molecule has 0 aliphatic rings. The summed E-state index contributed by atoms with van der Waals surface area (Å²) in [6.07, 6.45) is 3.04. The Kier molecular flexibility index (Phi) is 5.31. The third-order valence-corrected chi connectivity index (χ3v) is 3.00. The van der Waals surface area contributed by atoms with Crippen molar-refractivity contribution in [1.82, 2.24) is 0 Å². The molecule has 2 aromatic rings. The summed E-state index contributed by atoms with van der Waals surface area (Å²) in [6, 6.07) is 12.0. The molecule has 0 saturated heterocycles. The van der Waals surface area contributed by atoms with Crippen LogP contribution < -0.4 is 10.1 Å². The normalized spacial score (nSPS) is 10.7. The minimum atomic E-state index is -0.451. The Labute approximate surface area is 129 Å². The van der Waals surface area contributed by atoms with E-state index in [1.807, 2.05) is 38.1 Å². The Morgan fingerprint density at radius 1 is 1.23 bits per heavy atom. The van der Waals surface area contributed by atoms with E-state index < -0.39 is 5.82 Å². The van der Waals surface area contributed by atoms with Crippen molar-refractivity contribution in [2.24, 2.45) is 0 Å². The van der Waals surface area contributed by atoms with Crippen LogP contribution in [0.15, 0.2) is 48.5 Å². The molecule has 0 aliphatic carbocycles. The number of nitrogens with one attached hydrogen (secondary N) is 1. The summed E-state index contributed by atoms with van der Waals surface area (Å²) < 4.78 is 18.9. The van der Waals surface area contributed by atoms with E-state index in [0.29, 0.717) is 6.61 Å². The maximum Gasteiger partial charge on any atom is 0.248 e. The van der Waals surface area contributed by atoms with E-state index in [4.69, 9.17) is 4.74 Å². The van der Waals surface area contributed by atoms with Crippen LogP contribution in [-0.2, 0) is 4.79 Å². The van der Waals surface area contributed by atoms with Gasteiger partial charge in [-0.15, -0.1) is 0 Å². The number of rotatable bonds is 5. The molecule has 0 aliphatic heterocycles. The van der Waals surface area contributed by atoms with Crippen LogP contribution in [0.3, 0.4) is 0 Å². The average molecular weight is 299 g/mol. The number of anilines is 1. The second-order valence-corrected chi connectivity index (χ2v) is 4.81. The zero-order valence-electron chi connectivity index (χ0n) is 12.6. The number of aryl methyl sites for hydroxylation is 1. The van der Waals surface area contributed by atoms with Gasteiger partial charge in [-0.3, -0.25) is 4.79 Å². The smallest absolute Gasteiger partial charge is 0.248 e. The number of hydrogen-bond acceptors (Lipinski definition) is 2. The fourth-order valence-corrected chi connectivity index (χ4v) is 1.92. The quantitative estimate of drug-likeness (QED) is 0.841. The molecule has 2 rings (SSSR count). The van der Waals surface area contributed by atoms with Gasteiger partial charge >= 0.3 is 0 Å². The first kappa shape index (κ1) is 15.8. The molecule has 0 radical (unpaired) electrons. The van der Waals surface area contributed by atoms with Gasteiger partial charge in [-0.2, -0.15) is 0 Å². The number of carbonyl (C=O) groups excluding carboxylic acids is 1. The van der Waals surface area contributed by atoms with Gasteiger partial charge in [0.1, 0.15) is 11.6 Å². The average Bonchev–Trinajstić information content (AvgIpc) is 2.51. The minimum absolute atomic E-state index is 0.182. The molecule has 0 heterocycles. The van der Waals surface area contributed by atoms with Gasteiger partial charge in [-0.25, -0.2) is 4.39 Å². The first-order valence-corrected chi connectivity index (χ1v) is 7.06. The second-order valence-electron chi connectivity index (χ2n) is 4.81. The van der Waals surface area contributed by atoms with E-state index in [2.05, 4.69) is 5.32 Å². The van der Waals surface area contributed by atoms with Gasteiger partial charge in [0, 0.05) is 6.08 Å². The zero-order valence-corrected chi connectivity index (χ0v) is 12.6. The van der Waals surface area contributed by atoms with Gasteiger partial charge < -0.3 is 10.1 Å². The number of carbonyl (C=O) groups is 1. The number of halogens is 1. The Morgan fingerprint density at radius 2 is 1.95 bits per heavy atom. The van der Waals surface area contributed by atoms with Crippen molar-refractivity contribution < 1.29 is 13.9 Å². The standard InChI is InChI=1S/C18H18FNO2/c1-3-22-15-8-5-14(6-9-15)7-11-18(21)20-17-12-13(2)4-10-16(17)19/h4-12H,3H2,1-2H3,(H,20,21)/b11-7+. The molecular weight excluding hydrogens is 281 g/mol. The monoisotopic (exact) mass is 299 g/mol. The molecule has 0 unspecified atom stereocenters. The Morgan fingerprint density at radius 3 is 2.64 bits per heavy atom. The maximum absolute atomic E-state index is 13.6. The van der Waals surface area contributed by atoms with Crippen molar-refractivity contribution in [3.8, 4) is 5.75 Å². The first-order chi connectivity index (χ1) is 10.6. The molecule has 0 aromatic heterocycles. The summed E-state index contributed by atoms with van der Waals surface area (Å²) >= 11 is 0. The molecule has 1 amide bonds. The summed E-state index contributed by atoms with van der Waals surface area (Å²) in [7, 11) is 0. The van der Waals surface area contributed by atoms with Gasteiger partial charge in [-0.05, 0) is 55.3 Å². The lowest BCUT2D eigenvalue weighted by atomic mass is 10.2. The topological polar surface area (TPSA) is 38.3 Å². The van der Waals surface area contributed by atoms with E-state index in [9.17, 15) is 9.18 Å².